The van der Waals surface area contributed by atoms with Crippen LogP contribution in [0.5, 0.6) is 0 Å². The fraction of sp³-hybridized carbons (Fsp3) is 0.889. The van der Waals surface area contributed by atoms with Crippen molar-refractivity contribution in [2.45, 2.75) is 25.4 Å². The monoisotopic (exact) mass is 170 g/mol. The Morgan fingerprint density at radius 3 is 2.75 bits per heavy atom. The van der Waals surface area contributed by atoms with Crippen LogP contribution in [0.25, 0.3) is 0 Å². The largest absolute Gasteiger partial charge is 0.381 e. The smallest absolute Gasteiger partial charge is 0.166 e. The minimum absolute atomic E-state index is 0.114. The molecular formula is C9H14O3. The van der Waals surface area contributed by atoms with E-state index >= 15 is 0 Å². The molecule has 0 radical (unpaired) electrons. The molecule has 12 heavy (non-hydrogen) atoms. The van der Waals surface area contributed by atoms with Crippen molar-refractivity contribution in [2.75, 3.05) is 19.8 Å². The van der Waals surface area contributed by atoms with Gasteiger partial charge in [0.1, 0.15) is 6.10 Å². The number of hydrogen-bond donors (Lipinski definition) is 0. The van der Waals surface area contributed by atoms with Gasteiger partial charge in [0.05, 0.1) is 6.61 Å². The van der Waals surface area contributed by atoms with E-state index in [1.807, 2.05) is 0 Å². The summed E-state index contributed by atoms with van der Waals surface area (Å²) >= 11 is 0. The van der Waals surface area contributed by atoms with E-state index in [9.17, 15) is 4.79 Å². The first-order valence-corrected chi connectivity index (χ1v) is 4.61. The molecule has 2 fully saturated rings. The lowest BCUT2D eigenvalue weighted by molar-refractivity contribution is -0.131. The van der Waals surface area contributed by atoms with Crippen molar-refractivity contribution in [3.05, 3.63) is 0 Å². The molecule has 3 heteroatoms. The standard InChI is InChI=1S/C9H14O3/c10-9(7-3-5-11-6-7)8-2-1-4-12-8/h7-8H,1-6H2. The number of hydrogen-bond acceptors (Lipinski definition) is 3. The fourth-order valence-electron chi connectivity index (χ4n) is 1.82. The van der Waals surface area contributed by atoms with Crippen LogP contribution in [-0.2, 0) is 14.3 Å². The zero-order valence-electron chi connectivity index (χ0n) is 7.12. The highest BCUT2D eigenvalue weighted by Crippen LogP contribution is 2.21. The van der Waals surface area contributed by atoms with Gasteiger partial charge in [-0.2, -0.15) is 0 Å². The summed E-state index contributed by atoms with van der Waals surface area (Å²) in [5, 5.41) is 0. The Bertz CT molecular complexity index is 149. The summed E-state index contributed by atoms with van der Waals surface area (Å²) in [6, 6.07) is 0. The maximum Gasteiger partial charge on any atom is 0.166 e. The molecule has 0 amide bonds. The third-order valence-electron chi connectivity index (χ3n) is 2.58. The van der Waals surface area contributed by atoms with E-state index in [-0.39, 0.29) is 17.8 Å². The van der Waals surface area contributed by atoms with E-state index in [1.165, 1.54) is 0 Å². The molecule has 0 aromatic heterocycles. The second kappa shape index (κ2) is 3.54. The van der Waals surface area contributed by atoms with Gasteiger partial charge in [0.25, 0.3) is 0 Å². The summed E-state index contributed by atoms with van der Waals surface area (Å²) in [5.74, 6) is 0.387. The van der Waals surface area contributed by atoms with E-state index in [0.717, 1.165) is 32.5 Å². The van der Waals surface area contributed by atoms with Crippen molar-refractivity contribution >= 4 is 5.78 Å². The van der Waals surface area contributed by atoms with Crippen LogP contribution in [0.15, 0.2) is 0 Å². The molecule has 68 valence electrons. The van der Waals surface area contributed by atoms with E-state index in [1.54, 1.807) is 0 Å². The lowest BCUT2D eigenvalue weighted by Gasteiger charge is -2.11. The Morgan fingerprint density at radius 2 is 2.17 bits per heavy atom. The quantitative estimate of drug-likeness (QED) is 0.614. The summed E-state index contributed by atoms with van der Waals surface area (Å²) in [5.41, 5.74) is 0. The molecule has 2 heterocycles. The van der Waals surface area contributed by atoms with Gasteiger partial charge in [0.15, 0.2) is 5.78 Å². The SMILES string of the molecule is O=C(C1CCOC1)C1CCCO1. The van der Waals surface area contributed by atoms with Crippen molar-refractivity contribution in [3.63, 3.8) is 0 Å². The highest BCUT2D eigenvalue weighted by atomic mass is 16.5. The maximum absolute atomic E-state index is 11.6. The highest BCUT2D eigenvalue weighted by Gasteiger charge is 2.32. The molecule has 0 aromatic rings. The zero-order chi connectivity index (χ0) is 8.39. The number of ether oxygens (including phenoxy) is 2. The average Bonchev–Trinajstić information content (AvgIpc) is 2.77. The molecule has 0 N–H and O–H groups in total. The minimum atomic E-state index is -0.114. The summed E-state index contributed by atoms with van der Waals surface area (Å²) < 4.78 is 10.5. The van der Waals surface area contributed by atoms with E-state index in [4.69, 9.17) is 9.47 Å². The van der Waals surface area contributed by atoms with Gasteiger partial charge in [-0.15, -0.1) is 0 Å². The topological polar surface area (TPSA) is 35.5 Å². The van der Waals surface area contributed by atoms with Gasteiger partial charge in [-0.05, 0) is 19.3 Å². The van der Waals surface area contributed by atoms with Crippen LogP contribution in [0, 0.1) is 5.92 Å². The maximum atomic E-state index is 11.6. The molecule has 0 aromatic carbocycles. The van der Waals surface area contributed by atoms with Gasteiger partial charge >= 0.3 is 0 Å². The van der Waals surface area contributed by atoms with Gasteiger partial charge in [-0.25, -0.2) is 0 Å². The first-order chi connectivity index (χ1) is 5.88. The lowest BCUT2D eigenvalue weighted by Crippen LogP contribution is -2.27. The van der Waals surface area contributed by atoms with Crippen LogP contribution in [0.2, 0.25) is 0 Å². The van der Waals surface area contributed by atoms with Crippen LogP contribution in [0.4, 0.5) is 0 Å². The molecule has 2 aliphatic rings. The van der Waals surface area contributed by atoms with Gasteiger partial charge in [0.2, 0.25) is 0 Å². The first kappa shape index (κ1) is 8.20. The van der Waals surface area contributed by atoms with E-state index in [0.29, 0.717) is 6.61 Å². The molecule has 2 unspecified atom stereocenters. The highest BCUT2D eigenvalue weighted by molar-refractivity contribution is 5.85. The molecular weight excluding hydrogens is 156 g/mol. The molecule has 0 bridgehead atoms. The van der Waals surface area contributed by atoms with Crippen molar-refractivity contribution < 1.29 is 14.3 Å². The Labute approximate surface area is 72.0 Å². The molecule has 0 saturated carbocycles. The van der Waals surface area contributed by atoms with Crippen molar-refractivity contribution in [2.24, 2.45) is 5.92 Å². The van der Waals surface area contributed by atoms with Crippen molar-refractivity contribution in [3.8, 4) is 0 Å². The number of ketones is 1. The molecule has 2 saturated heterocycles. The normalized spacial score (nSPS) is 35.7. The van der Waals surface area contributed by atoms with Gasteiger partial charge in [-0.3, -0.25) is 4.79 Å². The van der Waals surface area contributed by atoms with E-state index in [2.05, 4.69) is 0 Å². The zero-order valence-corrected chi connectivity index (χ0v) is 7.12. The van der Waals surface area contributed by atoms with Crippen LogP contribution in [-0.4, -0.2) is 31.7 Å². The summed E-state index contributed by atoms with van der Waals surface area (Å²) in [4.78, 5) is 11.6. The third-order valence-corrected chi connectivity index (χ3v) is 2.58. The van der Waals surface area contributed by atoms with Gasteiger partial charge in [0, 0.05) is 19.1 Å². The molecule has 0 spiro atoms. The second-order valence-corrected chi connectivity index (χ2v) is 3.46. The summed E-state index contributed by atoms with van der Waals surface area (Å²) in [7, 11) is 0. The lowest BCUT2D eigenvalue weighted by atomic mass is 9.98. The molecule has 2 aliphatic heterocycles. The predicted molar refractivity (Wildman–Crippen MR) is 42.9 cm³/mol. The Hall–Kier alpha value is -0.410. The number of carbonyl (C=O) groups excluding carboxylic acids is 1. The Morgan fingerprint density at radius 1 is 1.25 bits per heavy atom. The van der Waals surface area contributed by atoms with Crippen LogP contribution in [0.3, 0.4) is 0 Å². The average molecular weight is 170 g/mol. The van der Waals surface area contributed by atoms with Crippen LogP contribution in [0.1, 0.15) is 19.3 Å². The second-order valence-electron chi connectivity index (χ2n) is 3.46. The predicted octanol–water partition coefficient (Wildman–Crippen LogP) is 0.771. The Kier molecular flexibility index (Phi) is 2.42. The van der Waals surface area contributed by atoms with Crippen LogP contribution < -0.4 is 0 Å². The van der Waals surface area contributed by atoms with Gasteiger partial charge < -0.3 is 9.47 Å². The molecule has 2 rings (SSSR count). The summed E-state index contributed by atoms with van der Waals surface area (Å²) in [6.07, 6.45) is 2.72. The number of carbonyl (C=O) groups is 1. The Balaban J connectivity index is 1.89. The van der Waals surface area contributed by atoms with E-state index < -0.39 is 0 Å². The molecule has 3 nitrogen and oxygen atoms in total. The molecule has 2 atom stereocenters. The minimum Gasteiger partial charge on any atom is -0.381 e. The molecule has 0 aliphatic carbocycles. The third kappa shape index (κ3) is 1.52. The number of rotatable bonds is 2. The van der Waals surface area contributed by atoms with Crippen molar-refractivity contribution in [1.29, 1.82) is 0 Å². The van der Waals surface area contributed by atoms with Crippen LogP contribution >= 0.6 is 0 Å². The fourth-order valence-corrected chi connectivity index (χ4v) is 1.82. The number of Topliss-reactive ketones (excluding diaryl/α,β-unsaturated/α-hetero) is 1. The first-order valence-electron chi connectivity index (χ1n) is 4.61. The summed E-state index contributed by atoms with van der Waals surface area (Å²) in [6.45, 7) is 2.10. The van der Waals surface area contributed by atoms with Gasteiger partial charge in [-0.1, -0.05) is 0 Å². The van der Waals surface area contributed by atoms with Crippen molar-refractivity contribution in [1.82, 2.24) is 0 Å².